The Balaban J connectivity index is 2.05. The largest absolute Gasteiger partial charge is 0.465 e. The molecule has 3 atom stereocenters. The molecule has 0 radical (unpaired) electrons. The molecule has 1 unspecified atom stereocenters. The van der Waals surface area contributed by atoms with Gasteiger partial charge in [0.05, 0.1) is 25.9 Å². The smallest absolute Gasteiger partial charge is 0.327 e. The van der Waals surface area contributed by atoms with E-state index in [1.165, 1.54) is 0 Å². The molecule has 0 amide bonds. The summed E-state index contributed by atoms with van der Waals surface area (Å²) in [5.41, 5.74) is -1.87. The summed E-state index contributed by atoms with van der Waals surface area (Å²) >= 11 is 5.08. The van der Waals surface area contributed by atoms with Gasteiger partial charge in [-0.05, 0) is 55.5 Å². The summed E-state index contributed by atoms with van der Waals surface area (Å²) in [5, 5.41) is 3.41. The van der Waals surface area contributed by atoms with E-state index in [0.717, 1.165) is 9.37 Å². The predicted octanol–water partition coefficient (Wildman–Crippen LogP) is 4.40. The lowest BCUT2D eigenvalue weighted by Crippen LogP contribution is -2.52. The number of halogens is 1. The summed E-state index contributed by atoms with van der Waals surface area (Å²) in [4.78, 5) is 42.4. The minimum absolute atomic E-state index is 0.0702. The van der Waals surface area contributed by atoms with E-state index >= 15 is 0 Å². The number of hydrogen-bond donors (Lipinski definition) is 1. The van der Waals surface area contributed by atoms with Crippen molar-refractivity contribution >= 4 is 45.6 Å². The van der Waals surface area contributed by atoms with Crippen LogP contribution in [0, 0.1) is 5.41 Å². The molecule has 2 fully saturated rings. The van der Waals surface area contributed by atoms with Crippen molar-refractivity contribution in [3.05, 3.63) is 64.1 Å². The van der Waals surface area contributed by atoms with Crippen molar-refractivity contribution in [1.29, 1.82) is 0 Å². The van der Waals surface area contributed by atoms with Crippen LogP contribution in [0.25, 0.3) is 0 Å². The van der Waals surface area contributed by atoms with Gasteiger partial charge in [0, 0.05) is 21.7 Å². The number of carbonyl (C=O) groups is 3. The molecule has 0 saturated carbocycles. The Kier molecular flexibility index (Phi) is 7.59. The van der Waals surface area contributed by atoms with Gasteiger partial charge in [-0.1, -0.05) is 40.2 Å². The molecular formula is C26H28BrNO6S. The number of nitrogens with one attached hydrogen (secondary N) is 1. The Labute approximate surface area is 217 Å². The zero-order valence-corrected chi connectivity index (χ0v) is 22.2. The molecule has 2 aromatic carbocycles. The van der Waals surface area contributed by atoms with Gasteiger partial charge in [0.15, 0.2) is 5.41 Å². The minimum Gasteiger partial charge on any atom is -0.465 e. The summed E-state index contributed by atoms with van der Waals surface area (Å²) in [6.07, 6.45) is 2.26. The fourth-order valence-electron chi connectivity index (χ4n) is 5.37. The van der Waals surface area contributed by atoms with Crippen LogP contribution in [0.3, 0.4) is 0 Å². The van der Waals surface area contributed by atoms with Crippen LogP contribution in [0.1, 0.15) is 43.4 Å². The molecule has 35 heavy (non-hydrogen) atoms. The maximum Gasteiger partial charge on any atom is 0.327 e. The number of hydrogen-bond acceptors (Lipinski definition) is 8. The highest BCUT2D eigenvalue weighted by Crippen LogP contribution is 2.61. The van der Waals surface area contributed by atoms with Gasteiger partial charge in [0.1, 0.15) is 5.54 Å². The number of cyclic esters (lactones) is 1. The quantitative estimate of drug-likeness (QED) is 0.230. The second-order valence-corrected chi connectivity index (χ2v) is 10.3. The standard InChI is InChI=1S/C26H28BrNO6S/c1-4-32-23(30)26(24(31)33-5-2)20(17-7-6-8-18(27)15-17)25(13-14-34-22(25)29)28-21(26)16-9-11-19(35-3)12-10-16/h6-12,15,20-21,28H,4-5,13-14H2,1-3H3/t20?,21-,25-/m1/s1. The lowest BCUT2D eigenvalue weighted by Gasteiger charge is -2.37. The zero-order chi connectivity index (χ0) is 25.2. The van der Waals surface area contributed by atoms with Crippen LogP contribution >= 0.6 is 27.7 Å². The van der Waals surface area contributed by atoms with Crippen molar-refractivity contribution < 1.29 is 28.6 Å². The van der Waals surface area contributed by atoms with Gasteiger partial charge >= 0.3 is 17.9 Å². The van der Waals surface area contributed by atoms with E-state index in [1.54, 1.807) is 25.6 Å². The van der Waals surface area contributed by atoms with Crippen LogP contribution in [-0.2, 0) is 28.6 Å². The molecule has 2 aromatic rings. The molecular weight excluding hydrogens is 534 g/mol. The number of rotatable bonds is 7. The fraction of sp³-hybridized carbons (Fsp3) is 0.423. The van der Waals surface area contributed by atoms with E-state index in [-0.39, 0.29) is 19.8 Å². The highest BCUT2D eigenvalue weighted by molar-refractivity contribution is 9.10. The lowest BCUT2D eigenvalue weighted by molar-refractivity contribution is -0.175. The summed E-state index contributed by atoms with van der Waals surface area (Å²) in [5.74, 6) is -2.88. The topological polar surface area (TPSA) is 90.9 Å². The molecule has 7 nitrogen and oxygen atoms in total. The number of benzene rings is 2. The molecule has 0 bridgehead atoms. The zero-order valence-electron chi connectivity index (χ0n) is 19.8. The molecule has 9 heteroatoms. The lowest BCUT2D eigenvalue weighted by atomic mass is 9.62. The number of esters is 3. The first kappa shape index (κ1) is 25.7. The maximum absolute atomic E-state index is 14.0. The van der Waals surface area contributed by atoms with Crippen molar-refractivity contribution in [2.75, 3.05) is 26.1 Å². The highest BCUT2D eigenvalue weighted by atomic mass is 79.9. The van der Waals surface area contributed by atoms with Gasteiger partial charge in [-0.15, -0.1) is 11.8 Å². The number of carbonyl (C=O) groups excluding carboxylic acids is 3. The molecule has 186 valence electrons. The third-order valence-electron chi connectivity index (χ3n) is 6.76. The Morgan fingerprint density at radius 3 is 2.26 bits per heavy atom. The van der Waals surface area contributed by atoms with Crippen LogP contribution in [-0.4, -0.2) is 49.5 Å². The van der Waals surface area contributed by atoms with Crippen molar-refractivity contribution in [3.63, 3.8) is 0 Å². The highest BCUT2D eigenvalue weighted by Gasteiger charge is 2.75. The predicted molar refractivity (Wildman–Crippen MR) is 135 cm³/mol. The molecule has 1 spiro atoms. The van der Waals surface area contributed by atoms with Crippen LogP contribution in [0.2, 0.25) is 0 Å². The Bertz CT molecular complexity index is 1110. The molecule has 1 N–H and O–H groups in total. The summed E-state index contributed by atoms with van der Waals surface area (Å²) < 4.78 is 17.3. The van der Waals surface area contributed by atoms with E-state index in [2.05, 4.69) is 21.2 Å². The molecule has 0 aliphatic carbocycles. The number of thioether (sulfide) groups is 1. The molecule has 0 aromatic heterocycles. The van der Waals surface area contributed by atoms with Crippen LogP contribution < -0.4 is 5.32 Å². The summed E-state index contributed by atoms with van der Waals surface area (Å²) in [6, 6.07) is 14.0. The second-order valence-electron chi connectivity index (χ2n) is 8.51. The Morgan fingerprint density at radius 2 is 1.74 bits per heavy atom. The van der Waals surface area contributed by atoms with Gasteiger partial charge in [0.25, 0.3) is 0 Å². The normalized spacial score (nSPS) is 24.9. The Morgan fingerprint density at radius 1 is 1.09 bits per heavy atom. The van der Waals surface area contributed by atoms with E-state index < -0.39 is 40.8 Å². The summed E-state index contributed by atoms with van der Waals surface area (Å²) in [6.45, 7) is 3.70. The maximum atomic E-state index is 14.0. The second kappa shape index (κ2) is 10.3. The van der Waals surface area contributed by atoms with Gasteiger partial charge in [0.2, 0.25) is 0 Å². The van der Waals surface area contributed by atoms with E-state index in [4.69, 9.17) is 14.2 Å². The fourth-order valence-corrected chi connectivity index (χ4v) is 6.20. The third kappa shape index (κ3) is 4.17. The van der Waals surface area contributed by atoms with E-state index in [1.807, 2.05) is 54.8 Å². The third-order valence-corrected chi connectivity index (χ3v) is 7.99. The van der Waals surface area contributed by atoms with Gasteiger partial charge in [-0.3, -0.25) is 19.7 Å². The average Bonchev–Trinajstić information content (AvgIpc) is 3.37. The van der Waals surface area contributed by atoms with Crippen molar-refractivity contribution in [2.45, 2.75) is 42.7 Å². The summed E-state index contributed by atoms with van der Waals surface area (Å²) in [7, 11) is 0. The van der Waals surface area contributed by atoms with E-state index in [0.29, 0.717) is 17.5 Å². The monoisotopic (exact) mass is 561 g/mol. The molecule has 2 saturated heterocycles. The average molecular weight is 562 g/mol. The molecule has 2 aliphatic rings. The Hall–Kier alpha value is -2.36. The van der Waals surface area contributed by atoms with Gasteiger partial charge in [-0.25, -0.2) is 0 Å². The van der Waals surface area contributed by atoms with Crippen molar-refractivity contribution in [3.8, 4) is 0 Å². The minimum atomic E-state index is -1.86. The first-order valence-electron chi connectivity index (χ1n) is 11.5. The van der Waals surface area contributed by atoms with Gasteiger partial charge < -0.3 is 14.2 Å². The van der Waals surface area contributed by atoms with Crippen LogP contribution in [0.15, 0.2) is 57.9 Å². The first-order valence-corrected chi connectivity index (χ1v) is 13.6. The molecule has 2 heterocycles. The van der Waals surface area contributed by atoms with Crippen molar-refractivity contribution in [1.82, 2.24) is 5.32 Å². The van der Waals surface area contributed by atoms with Gasteiger partial charge in [-0.2, -0.15) is 0 Å². The number of ether oxygens (including phenoxy) is 3. The van der Waals surface area contributed by atoms with E-state index in [9.17, 15) is 14.4 Å². The van der Waals surface area contributed by atoms with Crippen LogP contribution in [0.5, 0.6) is 0 Å². The van der Waals surface area contributed by atoms with Crippen molar-refractivity contribution in [2.24, 2.45) is 5.41 Å². The SMILES string of the molecule is CCOC(=O)C1(C(=O)OCC)C(c2cccc(Br)c2)[C@@]2(CCOC2=O)N[C@@H]1c1ccc(SC)cc1. The van der Waals surface area contributed by atoms with Crippen LogP contribution in [0.4, 0.5) is 0 Å². The molecule has 2 aliphatic heterocycles. The molecule has 4 rings (SSSR count). The first-order chi connectivity index (χ1) is 16.8.